The number of anilines is 1. The maximum atomic E-state index is 13.2. The number of nitrogen functional groups attached to an aromatic ring is 1. The van der Waals surface area contributed by atoms with Gasteiger partial charge >= 0.3 is 0 Å². The van der Waals surface area contributed by atoms with Gasteiger partial charge in [-0.15, -0.1) is 0 Å². The summed E-state index contributed by atoms with van der Waals surface area (Å²) in [6.45, 7) is 4.33. The molecule has 0 bridgehead atoms. The molecule has 0 radical (unpaired) electrons. The molecule has 1 nitrogen and oxygen atoms in total. The van der Waals surface area contributed by atoms with Crippen LogP contribution in [0.1, 0.15) is 51.0 Å². The third kappa shape index (κ3) is 3.54. The Balaban J connectivity index is 2.57. The summed E-state index contributed by atoms with van der Waals surface area (Å²) >= 11 is 0. The fourth-order valence-corrected chi connectivity index (χ4v) is 1.72. The van der Waals surface area contributed by atoms with Gasteiger partial charge in [0.1, 0.15) is 5.82 Å². The van der Waals surface area contributed by atoms with Crippen molar-refractivity contribution in [3.63, 3.8) is 0 Å². The molecular formula is C13H20FN. The lowest BCUT2D eigenvalue weighted by atomic mass is 9.95. The van der Waals surface area contributed by atoms with Crippen molar-refractivity contribution in [1.82, 2.24) is 0 Å². The smallest absolute Gasteiger partial charge is 0.146 e. The maximum absolute atomic E-state index is 13.2. The predicted molar refractivity (Wildman–Crippen MR) is 63.4 cm³/mol. The Labute approximate surface area is 91.5 Å². The molecule has 1 atom stereocenters. The summed E-state index contributed by atoms with van der Waals surface area (Å²) in [5.74, 6) is 0.126. The molecule has 2 N–H and O–H groups in total. The van der Waals surface area contributed by atoms with Gasteiger partial charge in [-0.25, -0.2) is 4.39 Å². The van der Waals surface area contributed by atoms with Crippen LogP contribution in [-0.2, 0) is 0 Å². The first-order valence-corrected chi connectivity index (χ1v) is 5.70. The van der Waals surface area contributed by atoms with Gasteiger partial charge in [-0.05, 0) is 30.0 Å². The van der Waals surface area contributed by atoms with E-state index in [2.05, 4.69) is 13.8 Å². The lowest BCUT2D eigenvalue weighted by Gasteiger charge is -2.12. The van der Waals surface area contributed by atoms with Crippen molar-refractivity contribution in [3.05, 3.63) is 29.6 Å². The van der Waals surface area contributed by atoms with Crippen LogP contribution in [0.5, 0.6) is 0 Å². The molecule has 15 heavy (non-hydrogen) atoms. The fourth-order valence-electron chi connectivity index (χ4n) is 1.72. The molecule has 0 amide bonds. The van der Waals surface area contributed by atoms with E-state index >= 15 is 0 Å². The normalized spacial score (nSPS) is 12.7. The molecule has 84 valence electrons. The topological polar surface area (TPSA) is 26.0 Å². The van der Waals surface area contributed by atoms with E-state index in [9.17, 15) is 4.39 Å². The number of benzene rings is 1. The zero-order valence-electron chi connectivity index (χ0n) is 9.59. The molecule has 1 rings (SSSR count). The van der Waals surface area contributed by atoms with Crippen molar-refractivity contribution in [2.45, 2.75) is 45.4 Å². The average molecular weight is 209 g/mol. The highest BCUT2D eigenvalue weighted by molar-refractivity contribution is 5.42. The molecular weight excluding hydrogens is 189 g/mol. The first kappa shape index (κ1) is 12.0. The van der Waals surface area contributed by atoms with E-state index in [1.165, 1.54) is 19.3 Å². The minimum absolute atomic E-state index is 0.236. The molecule has 0 spiro atoms. The molecule has 0 fully saturated rings. The Bertz CT molecular complexity index is 309. The van der Waals surface area contributed by atoms with E-state index < -0.39 is 0 Å². The molecule has 1 unspecified atom stereocenters. The predicted octanol–water partition coefficient (Wildman–Crippen LogP) is 4.09. The van der Waals surface area contributed by atoms with Gasteiger partial charge in [-0.3, -0.25) is 0 Å². The van der Waals surface area contributed by atoms with Crippen LogP contribution in [0, 0.1) is 5.82 Å². The molecule has 0 aromatic heterocycles. The second-order valence-corrected chi connectivity index (χ2v) is 4.18. The summed E-state index contributed by atoms with van der Waals surface area (Å²) in [6.07, 6.45) is 4.81. The van der Waals surface area contributed by atoms with Crippen LogP contribution in [0.2, 0.25) is 0 Å². The Hall–Kier alpha value is -1.05. The third-order valence-electron chi connectivity index (χ3n) is 2.83. The van der Waals surface area contributed by atoms with Crippen LogP contribution >= 0.6 is 0 Å². The molecule has 1 aromatic carbocycles. The lowest BCUT2D eigenvalue weighted by Crippen LogP contribution is -1.97. The monoisotopic (exact) mass is 209 g/mol. The Morgan fingerprint density at radius 1 is 1.33 bits per heavy atom. The number of nitrogens with two attached hydrogens (primary N) is 1. The van der Waals surface area contributed by atoms with Crippen molar-refractivity contribution >= 4 is 5.69 Å². The van der Waals surface area contributed by atoms with Crippen LogP contribution in [0.25, 0.3) is 0 Å². The lowest BCUT2D eigenvalue weighted by molar-refractivity contribution is 0.588. The first-order valence-electron chi connectivity index (χ1n) is 5.70. The summed E-state index contributed by atoms with van der Waals surface area (Å²) < 4.78 is 13.2. The molecule has 1 aromatic rings. The van der Waals surface area contributed by atoms with E-state index in [1.54, 1.807) is 12.1 Å². The largest absolute Gasteiger partial charge is 0.396 e. The SMILES string of the molecule is CCCCCC(C)c1ccc(N)c(F)c1. The molecule has 2 heteroatoms. The van der Waals surface area contributed by atoms with Gasteiger partial charge in [-0.2, -0.15) is 0 Å². The van der Waals surface area contributed by atoms with E-state index in [-0.39, 0.29) is 11.5 Å². The van der Waals surface area contributed by atoms with E-state index in [0.717, 1.165) is 12.0 Å². The van der Waals surface area contributed by atoms with E-state index in [1.807, 2.05) is 6.07 Å². The van der Waals surface area contributed by atoms with Gasteiger partial charge in [-0.1, -0.05) is 39.2 Å². The summed E-state index contributed by atoms with van der Waals surface area (Å²) in [5.41, 5.74) is 6.72. The van der Waals surface area contributed by atoms with Crippen LogP contribution in [0.4, 0.5) is 10.1 Å². The Morgan fingerprint density at radius 2 is 2.07 bits per heavy atom. The molecule has 0 aliphatic carbocycles. The number of hydrogen-bond donors (Lipinski definition) is 1. The summed E-state index contributed by atoms with van der Waals surface area (Å²) in [5, 5.41) is 0. The summed E-state index contributed by atoms with van der Waals surface area (Å²) in [4.78, 5) is 0. The van der Waals surface area contributed by atoms with Gasteiger partial charge < -0.3 is 5.73 Å². The highest BCUT2D eigenvalue weighted by Crippen LogP contribution is 2.24. The highest BCUT2D eigenvalue weighted by Gasteiger charge is 2.07. The summed E-state index contributed by atoms with van der Waals surface area (Å²) in [6, 6.07) is 5.14. The standard InChI is InChI=1S/C13H20FN/c1-3-4-5-6-10(2)11-7-8-13(15)12(14)9-11/h7-10H,3-6,15H2,1-2H3. The van der Waals surface area contributed by atoms with Crippen molar-refractivity contribution in [3.8, 4) is 0 Å². The van der Waals surface area contributed by atoms with Gasteiger partial charge in [0.05, 0.1) is 5.69 Å². The van der Waals surface area contributed by atoms with Crippen molar-refractivity contribution in [2.24, 2.45) is 0 Å². The van der Waals surface area contributed by atoms with E-state index in [0.29, 0.717) is 5.92 Å². The minimum atomic E-state index is -0.296. The molecule has 0 saturated carbocycles. The van der Waals surface area contributed by atoms with Crippen molar-refractivity contribution < 1.29 is 4.39 Å². The Morgan fingerprint density at radius 3 is 2.67 bits per heavy atom. The zero-order chi connectivity index (χ0) is 11.3. The van der Waals surface area contributed by atoms with Gasteiger partial charge in [0.2, 0.25) is 0 Å². The van der Waals surface area contributed by atoms with E-state index in [4.69, 9.17) is 5.73 Å². The molecule has 0 aliphatic heterocycles. The van der Waals surface area contributed by atoms with Gasteiger partial charge in [0.25, 0.3) is 0 Å². The summed E-state index contributed by atoms with van der Waals surface area (Å²) in [7, 11) is 0. The van der Waals surface area contributed by atoms with Gasteiger partial charge in [0.15, 0.2) is 0 Å². The first-order chi connectivity index (χ1) is 7.15. The number of hydrogen-bond acceptors (Lipinski definition) is 1. The average Bonchev–Trinajstić information content (AvgIpc) is 2.22. The second kappa shape index (κ2) is 5.74. The maximum Gasteiger partial charge on any atom is 0.146 e. The van der Waals surface area contributed by atoms with Crippen molar-refractivity contribution in [1.29, 1.82) is 0 Å². The second-order valence-electron chi connectivity index (χ2n) is 4.18. The van der Waals surface area contributed by atoms with Crippen LogP contribution in [0.3, 0.4) is 0 Å². The van der Waals surface area contributed by atoms with Crippen molar-refractivity contribution in [2.75, 3.05) is 5.73 Å². The Kier molecular flexibility index (Phi) is 4.60. The fraction of sp³-hybridized carbons (Fsp3) is 0.538. The quantitative estimate of drug-likeness (QED) is 0.573. The molecule has 0 heterocycles. The number of rotatable bonds is 5. The number of halogens is 1. The van der Waals surface area contributed by atoms with Gasteiger partial charge in [0, 0.05) is 0 Å². The van der Waals surface area contributed by atoms with Crippen LogP contribution in [0.15, 0.2) is 18.2 Å². The third-order valence-corrected chi connectivity index (χ3v) is 2.83. The zero-order valence-corrected chi connectivity index (χ0v) is 9.59. The minimum Gasteiger partial charge on any atom is -0.396 e. The molecule has 0 aliphatic rings. The van der Waals surface area contributed by atoms with Crippen LogP contribution in [-0.4, -0.2) is 0 Å². The molecule has 0 saturated heterocycles. The van der Waals surface area contributed by atoms with Crippen LogP contribution < -0.4 is 5.73 Å². The number of unbranched alkanes of at least 4 members (excludes halogenated alkanes) is 2. The highest BCUT2D eigenvalue weighted by atomic mass is 19.1.